The number of rotatable bonds is 5. The molecule has 1 aromatic carbocycles. The van der Waals surface area contributed by atoms with Crippen LogP contribution in [-0.4, -0.2) is 34.4 Å². The van der Waals surface area contributed by atoms with Gasteiger partial charge in [-0.3, -0.25) is 10.1 Å². The molecule has 7 heteroatoms. The number of anilines is 1. The molecule has 0 heterocycles. The maximum Gasteiger partial charge on any atom is 0.292 e. The Balaban J connectivity index is 2.84. The van der Waals surface area contributed by atoms with Crippen LogP contribution in [0.3, 0.4) is 0 Å². The van der Waals surface area contributed by atoms with E-state index in [9.17, 15) is 10.1 Å². The Labute approximate surface area is 96.6 Å². The fourth-order valence-corrected chi connectivity index (χ4v) is 1.27. The molecule has 0 aliphatic rings. The molecule has 0 saturated carbocycles. The summed E-state index contributed by atoms with van der Waals surface area (Å²) in [5.74, 6) is 0. The van der Waals surface area contributed by atoms with Crippen molar-refractivity contribution in [2.24, 2.45) is 0 Å². The van der Waals surface area contributed by atoms with Gasteiger partial charge in [0.2, 0.25) is 0 Å². The summed E-state index contributed by atoms with van der Waals surface area (Å²) >= 11 is 5.70. The molecule has 0 radical (unpaired) electrons. The second kappa shape index (κ2) is 5.64. The highest BCUT2D eigenvalue weighted by molar-refractivity contribution is 6.31. The van der Waals surface area contributed by atoms with E-state index in [0.29, 0.717) is 5.02 Å². The number of nitrogens with one attached hydrogen (secondary N) is 1. The second-order valence-corrected chi connectivity index (χ2v) is 3.57. The van der Waals surface area contributed by atoms with E-state index in [-0.39, 0.29) is 17.9 Å². The number of halogens is 1. The Morgan fingerprint density at radius 2 is 2.25 bits per heavy atom. The zero-order chi connectivity index (χ0) is 12.1. The maximum atomic E-state index is 10.7. The zero-order valence-electron chi connectivity index (χ0n) is 8.26. The number of hydrogen-bond donors (Lipinski definition) is 3. The molecule has 1 aromatic rings. The van der Waals surface area contributed by atoms with Gasteiger partial charge in [0.25, 0.3) is 5.69 Å². The number of hydrogen-bond acceptors (Lipinski definition) is 5. The predicted molar refractivity (Wildman–Crippen MR) is 59.7 cm³/mol. The van der Waals surface area contributed by atoms with Crippen molar-refractivity contribution in [3.05, 3.63) is 33.3 Å². The Kier molecular flexibility index (Phi) is 4.48. The van der Waals surface area contributed by atoms with Crippen LogP contribution in [0, 0.1) is 10.1 Å². The van der Waals surface area contributed by atoms with Crippen molar-refractivity contribution in [1.82, 2.24) is 0 Å². The first-order valence-corrected chi connectivity index (χ1v) is 4.89. The summed E-state index contributed by atoms with van der Waals surface area (Å²) in [5.41, 5.74) is 0.0829. The lowest BCUT2D eigenvalue weighted by molar-refractivity contribution is -0.384. The molecule has 1 atom stereocenters. The van der Waals surface area contributed by atoms with Crippen LogP contribution >= 0.6 is 11.6 Å². The van der Waals surface area contributed by atoms with Crippen molar-refractivity contribution >= 4 is 23.0 Å². The van der Waals surface area contributed by atoms with E-state index in [1.807, 2.05) is 0 Å². The molecule has 1 rings (SSSR count). The number of nitro benzene ring substituents is 1. The van der Waals surface area contributed by atoms with Crippen molar-refractivity contribution in [2.45, 2.75) is 6.10 Å². The van der Waals surface area contributed by atoms with Crippen molar-refractivity contribution in [3.8, 4) is 0 Å². The Morgan fingerprint density at radius 1 is 1.56 bits per heavy atom. The highest BCUT2D eigenvalue weighted by atomic mass is 35.5. The molecule has 0 bridgehead atoms. The molecular weight excluding hydrogens is 236 g/mol. The molecule has 0 fully saturated rings. The minimum atomic E-state index is -0.974. The minimum Gasteiger partial charge on any atom is -0.394 e. The largest absolute Gasteiger partial charge is 0.394 e. The highest BCUT2D eigenvalue weighted by Gasteiger charge is 2.14. The average molecular weight is 247 g/mol. The average Bonchev–Trinajstić information content (AvgIpc) is 2.25. The van der Waals surface area contributed by atoms with E-state index in [1.165, 1.54) is 18.2 Å². The second-order valence-electron chi connectivity index (χ2n) is 3.14. The van der Waals surface area contributed by atoms with Crippen LogP contribution in [0.25, 0.3) is 0 Å². The number of aliphatic hydroxyl groups is 2. The Bertz CT molecular complexity index is 386. The van der Waals surface area contributed by atoms with Crippen molar-refractivity contribution in [1.29, 1.82) is 0 Å². The Morgan fingerprint density at radius 3 is 2.81 bits per heavy atom. The van der Waals surface area contributed by atoms with Gasteiger partial charge in [0.05, 0.1) is 17.6 Å². The molecule has 0 spiro atoms. The van der Waals surface area contributed by atoms with Crippen LogP contribution < -0.4 is 5.32 Å². The van der Waals surface area contributed by atoms with Crippen LogP contribution in [0.4, 0.5) is 11.4 Å². The van der Waals surface area contributed by atoms with Crippen LogP contribution in [0.15, 0.2) is 18.2 Å². The van der Waals surface area contributed by atoms with Crippen molar-refractivity contribution in [3.63, 3.8) is 0 Å². The van der Waals surface area contributed by atoms with Crippen LogP contribution in [-0.2, 0) is 0 Å². The summed E-state index contributed by atoms with van der Waals surface area (Å²) in [6, 6.07) is 4.08. The van der Waals surface area contributed by atoms with Crippen LogP contribution in [0.2, 0.25) is 5.02 Å². The summed E-state index contributed by atoms with van der Waals surface area (Å²) in [4.78, 5) is 10.1. The fourth-order valence-electron chi connectivity index (χ4n) is 1.10. The molecule has 0 aliphatic heterocycles. The molecule has 6 nitrogen and oxygen atoms in total. The highest BCUT2D eigenvalue weighted by Crippen LogP contribution is 2.27. The number of aliphatic hydroxyl groups excluding tert-OH is 2. The van der Waals surface area contributed by atoms with Crippen LogP contribution in [0.1, 0.15) is 0 Å². The molecule has 88 valence electrons. The Hall–Kier alpha value is -1.37. The molecule has 0 aliphatic carbocycles. The molecule has 1 unspecified atom stereocenters. The molecule has 16 heavy (non-hydrogen) atoms. The predicted octanol–water partition coefficient (Wildman–Crippen LogP) is 1.01. The summed E-state index contributed by atoms with van der Waals surface area (Å²) in [7, 11) is 0. The lowest BCUT2D eigenvalue weighted by Crippen LogP contribution is -2.23. The zero-order valence-corrected chi connectivity index (χ0v) is 9.02. The first-order valence-electron chi connectivity index (χ1n) is 4.51. The quantitative estimate of drug-likeness (QED) is 0.532. The summed E-state index contributed by atoms with van der Waals surface area (Å²) in [6.07, 6.45) is -0.974. The SMILES string of the molecule is O=[N+]([O-])c1ccc(Cl)cc1NCC(O)CO. The van der Waals surface area contributed by atoms with Gasteiger partial charge in [-0.1, -0.05) is 11.6 Å². The molecule has 0 aromatic heterocycles. The number of nitrogens with zero attached hydrogens (tertiary/aromatic N) is 1. The lowest BCUT2D eigenvalue weighted by Gasteiger charge is -2.10. The third kappa shape index (κ3) is 3.34. The molecule has 0 amide bonds. The van der Waals surface area contributed by atoms with Gasteiger partial charge in [-0.2, -0.15) is 0 Å². The molecule has 0 saturated heterocycles. The van der Waals surface area contributed by atoms with Gasteiger partial charge in [0.1, 0.15) is 5.69 Å². The standard InChI is InChI=1S/C9H11ClN2O4/c10-6-1-2-9(12(15)16)8(3-6)11-4-7(14)5-13/h1-3,7,11,13-14H,4-5H2. The topological polar surface area (TPSA) is 95.6 Å². The van der Waals surface area contributed by atoms with E-state index in [0.717, 1.165) is 0 Å². The summed E-state index contributed by atoms with van der Waals surface area (Å²) < 4.78 is 0. The number of benzene rings is 1. The molecular formula is C9H11ClN2O4. The summed E-state index contributed by atoms with van der Waals surface area (Å²) in [6.45, 7) is -0.404. The smallest absolute Gasteiger partial charge is 0.292 e. The van der Waals surface area contributed by atoms with Gasteiger partial charge < -0.3 is 15.5 Å². The van der Waals surface area contributed by atoms with Crippen LogP contribution in [0.5, 0.6) is 0 Å². The van der Waals surface area contributed by atoms with Gasteiger partial charge in [-0.15, -0.1) is 0 Å². The van der Waals surface area contributed by atoms with E-state index in [1.54, 1.807) is 0 Å². The van der Waals surface area contributed by atoms with Gasteiger partial charge in [-0.25, -0.2) is 0 Å². The van der Waals surface area contributed by atoms with E-state index >= 15 is 0 Å². The molecule has 3 N–H and O–H groups in total. The van der Waals surface area contributed by atoms with Gasteiger partial charge in [0, 0.05) is 17.6 Å². The van der Waals surface area contributed by atoms with Crippen molar-refractivity contribution in [2.75, 3.05) is 18.5 Å². The number of nitro groups is 1. The third-order valence-corrected chi connectivity index (χ3v) is 2.13. The van der Waals surface area contributed by atoms with Gasteiger partial charge in [0.15, 0.2) is 0 Å². The third-order valence-electron chi connectivity index (χ3n) is 1.89. The normalized spacial score (nSPS) is 12.2. The van der Waals surface area contributed by atoms with Gasteiger partial charge >= 0.3 is 0 Å². The van der Waals surface area contributed by atoms with Gasteiger partial charge in [-0.05, 0) is 12.1 Å². The lowest BCUT2D eigenvalue weighted by atomic mass is 10.2. The maximum absolute atomic E-state index is 10.7. The first kappa shape index (κ1) is 12.7. The summed E-state index contributed by atoms with van der Waals surface area (Å²) in [5, 5.41) is 31.4. The van der Waals surface area contributed by atoms with E-state index in [4.69, 9.17) is 21.8 Å². The minimum absolute atomic E-state index is 0.0116. The first-order chi connectivity index (χ1) is 7.54. The monoisotopic (exact) mass is 246 g/mol. The van der Waals surface area contributed by atoms with E-state index in [2.05, 4.69) is 5.32 Å². The fraction of sp³-hybridized carbons (Fsp3) is 0.333. The van der Waals surface area contributed by atoms with Crippen molar-refractivity contribution < 1.29 is 15.1 Å². The van der Waals surface area contributed by atoms with E-state index < -0.39 is 17.6 Å².